The normalized spacial score (nSPS) is 20.8. The Bertz CT molecular complexity index is 384. The quantitative estimate of drug-likeness (QED) is 0.927. The van der Waals surface area contributed by atoms with Gasteiger partial charge in [-0.15, -0.1) is 0 Å². The van der Waals surface area contributed by atoms with Crippen LogP contribution in [0, 0.1) is 0 Å². The lowest BCUT2D eigenvalue weighted by Gasteiger charge is -2.25. The molecule has 0 radical (unpaired) electrons. The van der Waals surface area contributed by atoms with E-state index in [1.807, 2.05) is 12.1 Å². The number of aliphatic hydroxyl groups excluding tert-OH is 1. The van der Waals surface area contributed by atoms with Crippen molar-refractivity contribution in [2.24, 2.45) is 0 Å². The fourth-order valence-corrected chi connectivity index (χ4v) is 2.92. The second kappa shape index (κ2) is 5.85. The molecule has 2 rings (SSSR count). The van der Waals surface area contributed by atoms with Crippen LogP contribution in [0.5, 0.6) is 5.75 Å². The molecule has 1 fully saturated rings. The zero-order valence-electron chi connectivity index (χ0n) is 10.0. The van der Waals surface area contributed by atoms with Gasteiger partial charge in [0, 0.05) is 22.6 Å². The molecule has 4 heteroatoms. The third-order valence-electron chi connectivity index (χ3n) is 3.30. The summed E-state index contributed by atoms with van der Waals surface area (Å²) in [7, 11) is 1.71. The first-order chi connectivity index (χ1) is 8.26. The fraction of sp³-hybridized carbons (Fsp3) is 0.538. The summed E-state index contributed by atoms with van der Waals surface area (Å²) in [6.07, 6.45) is 2.31. The molecule has 1 unspecified atom stereocenters. The molecular formula is C13H18BrNO2. The molecule has 0 aliphatic carbocycles. The van der Waals surface area contributed by atoms with E-state index in [4.69, 9.17) is 9.84 Å². The van der Waals surface area contributed by atoms with E-state index >= 15 is 0 Å². The van der Waals surface area contributed by atoms with E-state index in [2.05, 4.69) is 26.9 Å². The Morgan fingerprint density at radius 1 is 1.53 bits per heavy atom. The first kappa shape index (κ1) is 12.9. The standard InChI is InChI=1S/C13H18BrNO2/c1-17-13-5-4-10(14)9-11(13)12-3-2-6-15(12)7-8-16/h4-5,9,12,16H,2-3,6-8H2,1H3. The summed E-state index contributed by atoms with van der Waals surface area (Å²) in [5.41, 5.74) is 1.22. The molecule has 1 aliphatic rings. The highest BCUT2D eigenvalue weighted by Gasteiger charge is 2.27. The molecule has 1 atom stereocenters. The number of likely N-dealkylation sites (tertiary alicyclic amines) is 1. The summed E-state index contributed by atoms with van der Waals surface area (Å²) >= 11 is 3.51. The highest BCUT2D eigenvalue weighted by atomic mass is 79.9. The second-order valence-corrected chi connectivity index (χ2v) is 5.22. The smallest absolute Gasteiger partial charge is 0.123 e. The van der Waals surface area contributed by atoms with Gasteiger partial charge in [0.2, 0.25) is 0 Å². The Morgan fingerprint density at radius 2 is 2.35 bits per heavy atom. The van der Waals surface area contributed by atoms with Crippen LogP contribution in [0.3, 0.4) is 0 Å². The largest absolute Gasteiger partial charge is 0.496 e. The molecule has 94 valence electrons. The summed E-state index contributed by atoms with van der Waals surface area (Å²) in [6.45, 7) is 2.01. The molecule has 0 spiro atoms. The van der Waals surface area contributed by atoms with Crippen molar-refractivity contribution in [3.8, 4) is 5.75 Å². The monoisotopic (exact) mass is 299 g/mol. The van der Waals surface area contributed by atoms with E-state index < -0.39 is 0 Å². The molecule has 0 saturated carbocycles. The summed E-state index contributed by atoms with van der Waals surface area (Å²) in [5, 5.41) is 9.09. The van der Waals surface area contributed by atoms with Crippen LogP contribution in [0.1, 0.15) is 24.4 Å². The van der Waals surface area contributed by atoms with E-state index in [1.165, 1.54) is 12.0 Å². The Hall–Kier alpha value is -0.580. The van der Waals surface area contributed by atoms with Gasteiger partial charge < -0.3 is 9.84 Å². The fourth-order valence-electron chi connectivity index (χ4n) is 2.54. The van der Waals surface area contributed by atoms with Crippen molar-refractivity contribution < 1.29 is 9.84 Å². The lowest BCUT2D eigenvalue weighted by atomic mass is 10.0. The maximum Gasteiger partial charge on any atom is 0.123 e. The highest BCUT2D eigenvalue weighted by molar-refractivity contribution is 9.10. The Labute approximate surface area is 111 Å². The second-order valence-electron chi connectivity index (χ2n) is 4.30. The summed E-state index contributed by atoms with van der Waals surface area (Å²) < 4.78 is 6.50. The first-order valence-corrected chi connectivity index (χ1v) is 6.74. The SMILES string of the molecule is COc1ccc(Br)cc1C1CCCN1CCO. The van der Waals surface area contributed by atoms with Crippen molar-refractivity contribution in [2.45, 2.75) is 18.9 Å². The number of aliphatic hydroxyl groups is 1. The molecule has 0 bridgehead atoms. The molecule has 0 amide bonds. The third kappa shape index (κ3) is 2.81. The Kier molecular flexibility index (Phi) is 4.42. The minimum atomic E-state index is 0.215. The van der Waals surface area contributed by atoms with Crippen molar-refractivity contribution in [2.75, 3.05) is 26.8 Å². The highest BCUT2D eigenvalue weighted by Crippen LogP contribution is 2.37. The van der Waals surface area contributed by atoms with Gasteiger partial charge in [0.15, 0.2) is 0 Å². The minimum Gasteiger partial charge on any atom is -0.496 e. The van der Waals surface area contributed by atoms with E-state index in [0.29, 0.717) is 6.04 Å². The number of methoxy groups -OCH3 is 1. The van der Waals surface area contributed by atoms with Gasteiger partial charge in [0.1, 0.15) is 5.75 Å². The van der Waals surface area contributed by atoms with Crippen molar-refractivity contribution in [1.82, 2.24) is 4.90 Å². The van der Waals surface area contributed by atoms with Crippen molar-refractivity contribution >= 4 is 15.9 Å². The topological polar surface area (TPSA) is 32.7 Å². The van der Waals surface area contributed by atoms with E-state index in [1.54, 1.807) is 7.11 Å². The van der Waals surface area contributed by atoms with Crippen LogP contribution in [-0.2, 0) is 0 Å². The van der Waals surface area contributed by atoms with Crippen LogP contribution in [0.2, 0.25) is 0 Å². The van der Waals surface area contributed by atoms with Crippen LogP contribution in [0.15, 0.2) is 22.7 Å². The minimum absolute atomic E-state index is 0.215. The predicted molar refractivity (Wildman–Crippen MR) is 71.3 cm³/mol. The number of halogens is 1. The van der Waals surface area contributed by atoms with Gasteiger partial charge in [-0.3, -0.25) is 4.90 Å². The lowest BCUT2D eigenvalue weighted by Crippen LogP contribution is -2.26. The number of hydrogen-bond acceptors (Lipinski definition) is 3. The van der Waals surface area contributed by atoms with Crippen LogP contribution in [0.25, 0.3) is 0 Å². The number of rotatable bonds is 4. The number of ether oxygens (including phenoxy) is 1. The molecule has 0 aromatic heterocycles. The van der Waals surface area contributed by atoms with Crippen molar-refractivity contribution in [1.29, 1.82) is 0 Å². The zero-order valence-corrected chi connectivity index (χ0v) is 11.6. The average molecular weight is 300 g/mol. The van der Waals surface area contributed by atoms with Crippen molar-refractivity contribution in [3.63, 3.8) is 0 Å². The van der Waals surface area contributed by atoms with Gasteiger partial charge in [0.05, 0.1) is 13.7 Å². The molecular weight excluding hydrogens is 282 g/mol. The summed E-state index contributed by atoms with van der Waals surface area (Å²) in [5.74, 6) is 0.933. The lowest BCUT2D eigenvalue weighted by molar-refractivity contribution is 0.183. The van der Waals surface area contributed by atoms with Gasteiger partial charge in [-0.1, -0.05) is 15.9 Å². The van der Waals surface area contributed by atoms with Crippen LogP contribution in [-0.4, -0.2) is 36.8 Å². The van der Waals surface area contributed by atoms with Crippen LogP contribution in [0.4, 0.5) is 0 Å². The van der Waals surface area contributed by atoms with Gasteiger partial charge in [0.25, 0.3) is 0 Å². The number of hydrogen-bond donors (Lipinski definition) is 1. The molecule has 17 heavy (non-hydrogen) atoms. The average Bonchev–Trinajstić information content (AvgIpc) is 2.77. The van der Waals surface area contributed by atoms with Gasteiger partial charge >= 0.3 is 0 Å². The van der Waals surface area contributed by atoms with E-state index in [-0.39, 0.29) is 6.61 Å². The van der Waals surface area contributed by atoms with Crippen molar-refractivity contribution in [3.05, 3.63) is 28.2 Å². The maximum absolute atomic E-state index is 9.09. The van der Waals surface area contributed by atoms with Gasteiger partial charge in [-0.2, -0.15) is 0 Å². The zero-order chi connectivity index (χ0) is 12.3. The Morgan fingerprint density at radius 3 is 3.06 bits per heavy atom. The molecule has 1 aliphatic heterocycles. The third-order valence-corrected chi connectivity index (χ3v) is 3.79. The first-order valence-electron chi connectivity index (χ1n) is 5.94. The van der Waals surface area contributed by atoms with E-state index in [9.17, 15) is 0 Å². The molecule has 3 nitrogen and oxygen atoms in total. The van der Waals surface area contributed by atoms with Gasteiger partial charge in [-0.25, -0.2) is 0 Å². The summed E-state index contributed by atoms with van der Waals surface area (Å²) in [4.78, 5) is 2.32. The van der Waals surface area contributed by atoms with E-state index in [0.717, 1.165) is 29.7 Å². The van der Waals surface area contributed by atoms with Crippen LogP contribution >= 0.6 is 15.9 Å². The van der Waals surface area contributed by atoms with Gasteiger partial charge in [-0.05, 0) is 37.6 Å². The number of benzene rings is 1. The summed E-state index contributed by atoms with van der Waals surface area (Å²) in [6, 6.07) is 6.48. The maximum atomic E-state index is 9.09. The number of nitrogens with zero attached hydrogens (tertiary/aromatic N) is 1. The number of β-amino-alcohol motifs (C(OH)–C–C–N with tert-alkyl or cyclic N) is 1. The predicted octanol–water partition coefficient (Wildman–Crippen LogP) is 2.59. The molecule has 1 heterocycles. The molecule has 1 aromatic carbocycles. The Balaban J connectivity index is 2.28. The molecule has 1 aromatic rings. The molecule has 1 N–H and O–H groups in total. The van der Waals surface area contributed by atoms with Crippen LogP contribution < -0.4 is 4.74 Å². The molecule has 1 saturated heterocycles.